The summed E-state index contributed by atoms with van der Waals surface area (Å²) >= 11 is 0. The van der Waals surface area contributed by atoms with Crippen LogP contribution in [-0.4, -0.2) is 66.7 Å². The fourth-order valence-corrected chi connectivity index (χ4v) is 1.66. The van der Waals surface area contributed by atoms with Crippen LogP contribution in [0, 0.1) is 0 Å². The van der Waals surface area contributed by atoms with E-state index in [1.54, 1.807) is 0 Å². The van der Waals surface area contributed by atoms with Gasteiger partial charge in [-0.3, -0.25) is 0 Å². The Hall–Kier alpha value is -1.67. The standard InChI is InChI=1S/C10H16N4O4/c1-16-9-11-8(12-10(13-9)17-2)14-3-4-18-7(5-14)6-15/h7,15H,3-6H2,1-2H3. The molecule has 1 atom stereocenters. The van der Waals surface area contributed by atoms with Crippen LogP contribution >= 0.6 is 0 Å². The van der Waals surface area contributed by atoms with Gasteiger partial charge in [0.25, 0.3) is 0 Å². The van der Waals surface area contributed by atoms with E-state index in [0.717, 1.165) is 0 Å². The second kappa shape index (κ2) is 5.78. The second-order valence-electron chi connectivity index (χ2n) is 3.73. The third-order valence-electron chi connectivity index (χ3n) is 2.57. The van der Waals surface area contributed by atoms with Gasteiger partial charge in [0.2, 0.25) is 5.95 Å². The van der Waals surface area contributed by atoms with Gasteiger partial charge in [0.1, 0.15) is 0 Å². The lowest BCUT2D eigenvalue weighted by molar-refractivity contribution is 0.00306. The summed E-state index contributed by atoms with van der Waals surface area (Å²) in [5, 5.41) is 9.10. The molecule has 100 valence electrons. The molecule has 0 saturated carbocycles. The molecule has 0 radical (unpaired) electrons. The second-order valence-corrected chi connectivity index (χ2v) is 3.73. The molecular formula is C10H16N4O4. The van der Waals surface area contributed by atoms with Crippen molar-refractivity contribution in [3.8, 4) is 12.0 Å². The number of aliphatic hydroxyl groups is 1. The molecule has 18 heavy (non-hydrogen) atoms. The molecule has 1 aliphatic heterocycles. The first-order chi connectivity index (χ1) is 8.76. The van der Waals surface area contributed by atoms with Crippen molar-refractivity contribution in [2.45, 2.75) is 6.10 Å². The zero-order valence-electron chi connectivity index (χ0n) is 10.4. The minimum absolute atomic E-state index is 0.0319. The van der Waals surface area contributed by atoms with Crippen LogP contribution < -0.4 is 14.4 Å². The molecule has 1 N–H and O–H groups in total. The predicted octanol–water partition coefficient (Wildman–Crippen LogP) is -0.914. The van der Waals surface area contributed by atoms with E-state index in [1.165, 1.54) is 14.2 Å². The molecule has 0 aromatic carbocycles. The van der Waals surface area contributed by atoms with Gasteiger partial charge in [0.15, 0.2) is 0 Å². The highest BCUT2D eigenvalue weighted by atomic mass is 16.5. The van der Waals surface area contributed by atoms with Crippen molar-refractivity contribution in [2.24, 2.45) is 0 Å². The Balaban J connectivity index is 2.20. The summed E-state index contributed by atoms with van der Waals surface area (Å²) in [5.41, 5.74) is 0. The number of anilines is 1. The summed E-state index contributed by atoms with van der Waals surface area (Å²) in [4.78, 5) is 14.1. The van der Waals surface area contributed by atoms with Crippen LogP contribution in [0.15, 0.2) is 0 Å². The summed E-state index contributed by atoms with van der Waals surface area (Å²) in [5.74, 6) is 0.459. The molecule has 1 aromatic rings. The molecule has 0 spiro atoms. The quantitative estimate of drug-likeness (QED) is 0.740. The maximum Gasteiger partial charge on any atom is 0.324 e. The van der Waals surface area contributed by atoms with Crippen molar-refractivity contribution < 1.29 is 19.3 Å². The smallest absolute Gasteiger partial charge is 0.324 e. The average Bonchev–Trinajstić information content (AvgIpc) is 2.46. The SMILES string of the molecule is COc1nc(OC)nc(N2CCOC(CO)C2)n1. The molecule has 1 aromatic heterocycles. The summed E-state index contributed by atoms with van der Waals surface area (Å²) in [6.07, 6.45) is -0.229. The van der Waals surface area contributed by atoms with Gasteiger partial charge in [0, 0.05) is 13.1 Å². The minimum Gasteiger partial charge on any atom is -0.467 e. The predicted molar refractivity (Wildman–Crippen MR) is 62.0 cm³/mol. The lowest BCUT2D eigenvalue weighted by atomic mass is 10.3. The zero-order valence-corrected chi connectivity index (χ0v) is 10.4. The molecular weight excluding hydrogens is 240 g/mol. The molecule has 0 bridgehead atoms. The summed E-state index contributed by atoms with van der Waals surface area (Å²) in [6, 6.07) is 0.396. The van der Waals surface area contributed by atoms with Crippen molar-refractivity contribution in [3.63, 3.8) is 0 Å². The number of rotatable bonds is 4. The lowest BCUT2D eigenvalue weighted by Crippen LogP contribution is -2.44. The van der Waals surface area contributed by atoms with Crippen LogP contribution in [0.4, 0.5) is 5.95 Å². The maximum atomic E-state index is 9.10. The van der Waals surface area contributed by atoms with Crippen molar-refractivity contribution >= 4 is 5.95 Å². The van der Waals surface area contributed by atoms with Crippen LogP contribution in [0.3, 0.4) is 0 Å². The van der Waals surface area contributed by atoms with Crippen LogP contribution in [0.5, 0.6) is 12.0 Å². The third-order valence-corrected chi connectivity index (χ3v) is 2.57. The maximum absolute atomic E-state index is 9.10. The molecule has 8 nitrogen and oxygen atoms in total. The number of methoxy groups -OCH3 is 2. The molecule has 2 rings (SSSR count). The van der Waals surface area contributed by atoms with Gasteiger partial charge in [-0.2, -0.15) is 9.97 Å². The van der Waals surface area contributed by atoms with Gasteiger partial charge in [-0.15, -0.1) is 4.98 Å². The Morgan fingerprint density at radius 1 is 1.28 bits per heavy atom. The first-order valence-electron chi connectivity index (χ1n) is 5.58. The van der Waals surface area contributed by atoms with E-state index >= 15 is 0 Å². The summed E-state index contributed by atoms with van der Waals surface area (Å²) < 4.78 is 15.4. The third kappa shape index (κ3) is 2.77. The van der Waals surface area contributed by atoms with Gasteiger partial charge in [-0.25, -0.2) is 0 Å². The first kappa shape index (κ1) is 12.8. The molecule has 1 unspecified atom stereocenters. The van der Waals surface area contributed by atoms with Crippen LogP contribution in [0.2, 0.25) is 0 Å². The van der Waals surface area contributed by atoms with Crippen molar-refractivity contribution in [3.05, 3.63) is 0 Å². The largest absolute Gasteiger partial charge is 0.467 e. The topological polar surface area (TPSA) is 89.8 Å². The van der Waals surface area contributed by atoms with Crippen molar-refractivity contribution in [1.82, 2.24) is 15.0 Å². The van der Waals surface area contributed by atoms with Crippen molar-refractivity contribution in [2.75, 3.05) is 45.4 Å². The van der Waals surface area contributed by atoms with Crippen molar-refractivity contribution in [1.29, 1.82) is 0 Å². The van der Waals surface area contributed by atoms with E-state index in [0.29, 0.717) is 25.6 Å². The molecule has 1 fully saturated rings. The van der Waals surface area contributed by atoms with E-state index in [-0.39, 0.29) is 24.7 Å². The normalized spacial score (nSPS) is 19.7. The number of nitrogens with zero attached hydrogens (tertiary/aromatic N) is 4. The molecule has 0 amide bonds. The van der Waals surface area contributed by atoms with Gasteiger partial charge in [0.05, 0.1) is 33.5 Å². The van der Waals surface area contributed by atoms with Crippen LogP contribution in [0.25, 0.3) is 0 Å². The molecule has 1 aliphatic rings. The summed E-state index contributed by atoms with van der Waals surface area (Å²) in [7, 11) is 2.96. The first-order valence-corrected chi connectivity index (χ1v) is 5.58. The van der Waals surface area contributed by atoms with Gasteiger partial charge in [-0.05, 0) is 0 Å². The molecule has 2 heterocycles. The van der Waals surface area contributed by atoms with E-state index in [2.05, 4.69) is 15.0 Å². The summed E-state index contributed by atoms with van der Waals surface area (Å²) in [6.45, 7) is 1.65. The number of morpholine rings is 1. The van der Waals surface area contributed by atoms with Gasteiger partial charge < -0.3 is 24.2 Å². The van der Waals surface area contributed by atoms with E-state index < -0.39 is 0 Å². The highest BCUT2D eigenvalue weighted by Crippen LogP contribution is 2.18. The molecule has 0 aliphatic carbocycles. The number of hydrogen-bond donors (Lipinski definition) is 1. The van der Waals surface area contributed by atoms with E-state index in [1.807, 2.05) is 4.90 Å². The molecule has 1 saturated heterocycles. The highest BCUT2D eigenvalue weighted by Gasteiger charge is 2.23. The Bertz CT molecular complexity index is 381. The fourth-order valence-electron chi connectivity index (χ4n) is 1.66. The highest BCUT2D eigenvalue weighted by molar-refractivity contribution is 5.33. The lowest BCUT2D eigenvalue weighted by Gasteiger charge is -2.31. The van der Waals surface area contributed by atoms with Gasteiger partial charge >= 0.3 is 12.0 Å². The zero-order chi connectivity index (χ0) is 13.0. The monoisotopic (exact) mass is 256 g/mol. The Morgan fingerprint density at radius 2 is 1.94 bits per heavy atom. The van der Waals surface area contributed by atoms with Crippen LogP contribution in [-0.2, 0) is 4.74 Å². The van der Waals surface area contributed by atoms with E-state index in [4.69, 9.17) is 19.3 Å². The van der Waals surface area contributed by atoms with Crippen LogP contribution in [0.1, 0.15) is 0 Å². The average molecular weight is 256 g/mol. The Morgan fingerprint density at radius 3 is 2.50 bits per heavy atom. The Labute approximate surface area is 105 Å². The van der Waals surface area contributed by atoms with Gasteiger partial charge in [-0.1, -0.05) is 0 Å². The number of aliphatic hydroxyl groups excluding tert-OH is 1. The fraction of sp³-hybridized carbons (Fsp3) is 0.700. The number of aromatic nitrogens is 3. The number of hydrogen-bond acceptors (Lipinski definition) is 8. The molecule has 8 heteroatoms. The van der Waals surface area contributed by atoms with E-state index in [9.17, 15) is 0 Å². The Kier molecular flexibility index (Phi) is 4.11. The number of ether oxygens (including phenoxy) is 3. The minimum atomic E-state index is -0.229.